The van der Waals surface area contributed by atoms with Crippen LogP contribution < -0.4 is 0 Å². The highest BCUT2D eigenvalue weighted by atomic mass is 35.5. The van der Waals surface area contributed by atoms with Crippen molar-refractivity contribution in [3.8, 4) is 0 Å². The second-order valence-corrected chi connectivity index (χ2v) is 8.94. The maximum atomic E-state index is 14.7. The predicted molar refractivity (Wildman–Crippen MR) is 121 cm³/mol. The number of hydroxylamine groups is 2. The van der Waals surface area contributed by atoms with E-state index in [1.54, 1.807) is 37.4 Å². The molecule has 2 atom stereocenters. The number of hydrogen-bond donors (Lipinski definition) is 1. The van der Waals surface area contributed by atoms with Gasteiger partial charge in [0.05, 0.1) is 23.8 Å². The molecule has 2 unspecified atom stereocenters. The summed E-state index contributed by atoms with van der Waals surface area (Å²) < 4.78 is 44.1. The molecule has 10 heteroatoms. The van der Waals surface area contributed by atoms with Gasteiger partial charge in [0.2, 0.25) is 5.60 Å². The topological polar surface area (TPSA) is 62.7 Å². The summed E-state index contributed by atoms with van der Waals surface area (Å²) in [6.45, 7) is 1.57. The molecule has 0 aliphatic carbocycles. The fourth-order valence-electron chi connectivity index (χ4n) is 4.18. The fraction of sp³-hybridized carbons (Fsp3) is 0.250. The van der Waals surface area contributed by atoms with E-state index in [1.165, 1.54) is 35.4 Å². The molecule has 4 rings (SSSR count). The van der Waals surface area contributed by atoms with Crippen LogP contribution in [0.25, 0.3) is 0 Å². The molecule has 5 nitrogen and oxygen atoms in total. The van der Waals surface area contributed by atoms with E-state index >= 15 is 0 Å². The van der Waals surface area contributed by atoms with Gasteiger partial charge in [-0.15, -0.1) is 0 Å². The molecule has 1 fully saturated rings. The molecule has 2 heterocycles. The highest BCUT2D eigenvalue weighted by molar-refractivity contribution is 6.34. The first-order valence-corrected chi connectivity index (χ1v) is 11.0. The van der Waals surface area contributed by atoms with Crippen molar-refractivity contribution in [2.24, 2.45) is 0 Å². The van der Waals surface area contributed by atoms with Gasteiger partial charge in [0, 0.05) is 22.7 Å². The van der Waals surface area contributed by atoms with Crippen LogP contribution in [0, 0.1) is 6.92 Å². The molecule has 0 amide bonds. The van der Waals surface area contributed by atoms with Gasteiger partial charge in [-0.25, -0.2) is 4.79 Å². The lowest BCUT2D eigenvalue weighted by atomic mass is 9.85. The minimum atomic E-state index is -4.81. The van der Waals surface area contributed by atoms with Gasteiger partial charge < -0.3 is 5.11 Å². The first-order valence-electron chi connectivity index (χ1n) is 10.2. The Hall–Kier alpha value is -2.65. The van der Waals surface area contributed by atoms with Gasteiger partial charge in [0.25, 0.3) is 0 Å². The van der Waals surface area contributed by atoms with Crippen LogP contribution in [-0.4, -0.2) is 27.3 Å². The lowest BCUT2D eigenvalue weighted by Gasteiger charge is -2.31. The van der Waals surface area contributed by atoms with Crippen LogP contribution >= 0.6 is 23.2 Å². The number of alkyl halides is 3. The van der Waals surface area contributed by atoms with Gasteiger partial charge in [-0.1, -0.05) is 41.4 Å². The van der Waals surface area contributed by atoms with Crippen LogP contribution in [0.1, 0.15) is 45.2 Å². The molecule has 0 radical (unpaired) electrons. The number of aryl methyl sites for hydroxylation is 1. The Morgan fingerprint density at radius 1 is 1.18 bits per heavy atom. The van der Waals surface area contributed by atoms with Gasteiger partial charge in [0.1, 0.15) is 0 Å². The average Bonchev–Trinajstić information content (AvgIpc) is 3.14. The first-order chi connectivity index (χ1) is 16.0. The third-order valence-electron chi connectivity index (χ3n) is 5.80. The molecule has 178 valence electrons. The van der Waals surface area contributed by atoms with E-state index < -0.39 is 30.2 Å². The molecular weight excluding hydrogens is 492 g/mol. The highest BCUT2D eigenvalue weighted by Crippen LogP contribution is 2.55. The van der Waals surface area contributed by atoms with Crippen LogP contribution in [0.2, 0.25) is 10.0 Å². The normalized spacial score (nSPS) is 21.1. The Morgan fingerprint density at radius 3 is 2.44 bits per heavy atom. The molecule has 1 N–H and O–H groups in total. The van der Waals surface area contributed by atoms with Crippen molar-refractivity contribution in [3.63, 3.8) is 0 Å². The van der Waals surface area contributed by atoms with Crippen LogP contribution in [0.3, 0.4) is 0 Å². The number of nitrogens with zero attached hydrogens (tertiary/aromatic N) is 2. The SMILES string of the molecule is Cc1cc(C2CC(c3cc(Cl)cc(Cl)c3)(C(F)(F)F)ON2Cc2ccccn2)ccc1C(=O)O. The van der Waals surface area contributed by atoms with Gasteiger partial charge in [-0.05, 0) is 60.0 Å². The number of rotatable bonds is 5. The minimum Gasteiger partial charge on any atom is -0.478 e. The van der Waals surface area contributed by atoms with Crippen molar-refractivity contribution in [2.45, 2.75) is 37.7 Å². The molecule has 0 saturated carbocycles. The van der Waals surface area contributed by atoms with Gasteiger partial charge in [-0.2, -0.15) is 18.2 Å². The number of halogens is 5. The summed E-state index contributed by atoms with van der Waals surface area (Å²) in [6.07, 6.45) is -3.76. The first kappa shape index (κ1) is 24.5. The smallest absolute Gasteiger partial charge is 0.423 e. The summed E-state index contributed by atoms with van der Waals surface area (Å²) in [7, 11) is 0. The third kappa shape index (κ3) is 4.63. The summed E-state index contributed by atoms with van der Waals surface area (Å²) >= 11 is 12.1. The Labute approximate surface area is 203 Å². The number of hydrogen-bond acceptors (Lipinski definition) is 4. The molecule has 1 saturated heterocycles. The van der Waals surface area contributed by atoms with E-state index in [2.05, 4.69) is 4.98 Å². The zero-order chi connectivity index (χ0) is 24.7. The second kappa shape index (κ2) is 9.19. The lowest BCUT2D eigenvalue weighted by molar-refractivity contribution is -0.330. The van der Waals surface area contributed by atoms with Crippen molar-refractivity contribution in [3.05, 3.63) is 98.8 Å². The molecule has 34 heavy (non-hydrogen) atoms. The zero-order valence-electron chi connectivity index (χ0n) is 17.8. The molecule has 3 aromatic rings. The van der Waals surface area contributed by atoms with Gasteiger partial charge in [0.15, 0.2) is 0 Å². The maximum absolute atomic E-state index is 14.7. The van der Waals surface area contributed by atoms with Crippen molar-refractivity contribution in [1.29, 1.82) is 0 Å². The van der Waals surface area contributed by atoms with Crippen molar-refractivity contribution in [2.75, 3.05) is 0 Å². The summed E-state index contributed by atoms with van der Waals surface area (Å²) in [5, 5.41) is 10.7. The van der Waals surface area contributed by atoms with E-state index in [-0.39, 0.29) is 27.7 Å². The Balaban J connectivity index is 1.84. The van der Waals surface area contributed by atoms with Gasteiger partial charge in [-0.3, -0.25) is 9.82 Å². The van der Waals surface area contributed by atoms with E-state index in [4.69, 9.17) is 28.0 Å². The Bertz CT molecular complexity index is 1200. The number of carbonyl (C=O) groups is 1. The van der Waals surface area contributed by atoms with Crippen LogP contribution in [-0.2, 0) is 17.0 Å². The summed E-state index contributed by atoms with van der Waals surface area (Å²) in [4.78, 5) is 21.4. The summed E-state index contributed by atoms with van der Waals surface area (Å²) in [5.74, 6) is -1.12. The van der Waals surface area contributed by atoms with Gasteiger partial charge >= 0.3 is 12.1 Å². The molecule has 2 aromatic carbocycles. The van der Waals surface area contributed by atoms with E-state index in [1.807, 2.05) is 0 Å². The number of carboxylic acid groups (broad SMARTS) is 1. The lowest BCUT2D eigenvalue weighted by Crippen LogP contribution is -2.43. The summed E-state index contributed by atoms with van der Waals surface area (Å²) in [5.41, 5.74) is -1.45. The van der Waals surface area contributed by atoms with Crippen LogP contribution in [0.5, 0.6) is 0 Å². The minimum absolute atomic E-state index is 0.0304. The molecule has 0 bridgehead atoms. The Morgan fingerprint density at radius 2 is 1.88 bits per heavy atom. The number of carboxylic acids is 1. The number of benzene rings is 2. The third-order valence-corrected chi connectivity index (χ3v) is 6.23. The quantitative estimate of drug-likeness (QED) is 0.412. The maximum Gasteiger partial charge on any atom is 0.423 e. The fourth-order valence-corrected chi connectivity index (χ4v) is 4.70. The average molecular weight is 511 g/mol. The zero-order valence-corrected chi connectivity index (χ0v) is 19.3. The second-order valence-electron chi connectivity index (χ2n) is 8.07. The van der Waals surface area contributed by atoms with E-state index in [9.17, 15) is 23.1 Å². The predicted octanol–water partition coefficient (Wildman–Crippen LogP) is 6.73. The monoisotopic (exact) mass is 510 g/mol. The van der Waals surface area contributed by atoms with Crippen LogP contribution in [0.15, 0.2) is 60.8 Å². The number of pyridine rings is 1. The number of aromatic carboxylic acids is 1. The molecular formula is C24H19Cl2F3N2O3. The van der Waals surface area contributed by atoms with Crippen molar-refractivity contribution >= 4 is 29.2 Å². The van der Waals surface area contributed by atoms with E-state index in [0.29, 0.717) is 16.8 Å². The molecule has 1 aliphatic heterocycles. The van der Waals surface area contributed by atoms with Crippen molar-refractivity contribution < 1.29 is 27.9 Å². The highest BCUT2D eigenvalue weighted by Gasteiger charge is 2.64. The molecule has 1 aromatic heterocycles. The Kier molecular flexibility index (Phi) is 6.61. The largest absolute Gasteiger partial charge is 0.478 e. The van der Waals surface area contributed by atoms with Crippen molar-refractivity contribution in [1.82, 2.24) is 10.0 Å². The molecule has 0 spiro atoms. The molecule has 1 aliphatic rings. The standard InChI is InChI=1S/C24H19Cl2F3N2O3/c1-14-8-15(5-6-20(14)22(32)33)21-12-23(24(27,28)29,16-9-17(25)11-18(26)10-16)34-31(21)13-19-4-2-3-7-30-19/h2-11,21H,12-13H2,1H3,(H,32,33). The van der Waals surface area contributed by atoms with Crippen LogP contribution in [0.4, 0.5) is 13.2 Å². The summed E-state index contributed by atoms with van der Waals surface area (Å²) in [6, 6.07) is 12.5. The number of aromatic nitrogens is 1. The van der Waals surface area contributed by atoms with E-state index in [0.717, 1.165) is 0 Å².